The van der Waals surface area contributed by atoms with Crippen LogP contribution in [0.1, 0.15) is 18.9 Å². The quantitative estimate of drug-likeness (QED) is 0.745. The van der Waals surface area contributed by atoms with Gasteiger partial charge >= 0.3 is 6.03 Å². The first kappa shape index (κ1) is 19.8. The molecule has 3 rings (SSSR count). The summed E-state index contributed by atoms with van der Waals surface area (Å²) in [5.74, 6) is -2.60. The molecule has 6 nitrogen and oxygen atoms in total. The van der Waals surface area contributed by atoms with Crippen molar-refractivity contribution in [3.63, 3.8) is 0 Å². The fourth-order valence-electron chi connectivity index (χ4n) is 3.07. The number of anilines is 1. The summed E-state index contributed by atoms with van der Waals surface area (Å²) in [7, 11) is 0. The highest BCUT2D eigenvalue weighted by molar-refractivity contribution is 6.30. The van der Waals surface area contributed by atoms with E-state index >= 15 is 0 Å². The summed E-state index contributed by atoms with van der Waals surface area (Å²) in [6.07, 6.45) is 0.199. The lowest BCUT2D eigenvalue weighted by atomic mass is 9.87. The van der Waals surface area contributed by atoms with Gasteiger partial charge in [-0.25, -0.2) is 13.6 Å². The molecule has 1 atom stereocenters. The number of nitrogens with zero attached hydrogens (tertiary/aromatic N) is 1. The van der Waals surface area contributed by atoms with Crippen molar-refractivity contribution in [1.82, 2.24) is 10.2 Å². The number of benzene rings is 2. The van der Waals surface area contributed by atoms with Crippen molar-refractivity contribution >= 4 is 35.1 Å². The lowest BCUT2D eigenvalue weighted by molar-refractivity contribution is -0.134. The molecule has 1 aliphatic heterocycles. The highest BCUT2D eigenvalue weighted by Crippen LogP contribution is 2.32. The van der Waals surface area contributed by atoms with Gasteiger partial charge in [0.15, 0.2) is 0 Å². The Kier molecular flexibility index (Phi) is 5.33. The van der Waals surface area contributed by atoms with E-state index in [1.165, 1.54) is 36.4 Å². The second-order valence-electron chi connectivity index (χ2n) is 6.26. The summed E-state index contributed by atoms with van der Waals surface area (Å²) in [5, 5.41) is 5.09. The van der Waals surface area contributed by atoms with Crippen LogP contribution in [0, 0.1) is 11.6 Å². The molecule has 2 aromatic carbocycles. The first-order valence-electron chi connectivity index (χ1n) is 8.42. The maximum atomic E-state index is 13.8. The van der Waals surface area contributed by atoms with Crippen LogP contribution in [0.25, 0.3) is 0 Å². The number of amides is 4. The van der Waals surface area contributed by atoms with Crippen molar-refractivity contribution in [1.29, 1.82) is 0 Å². The smallest absolute Gasteiger partial charge is 0.322 e. The van der Waals surface area contributed by atoms with Crippen LogP contribution in [0.2, 0.25) is 5.02 Å². The average Bonchev–Trinajstić information content (AvgIpc) is 2.90. The fraction of sp³-hybridized carbons (Fsp3) is 0.211. The fourth-order valence-corrected chi connectivity index (χ4v) is 3.24. The zero-order valence-electron chi connectivity index (χ0n) is 14.8. The van der Waals surface area contributed by atoms with Crippen molar-refractivity contribution in [3.8, 4) is 0 Å². The first-order valence-corrected chi connectivity index (χ1v) is 8.79. The highest BCUT2D eigenvalue weighted by Gasteiger charge is 2.51. The summed E-state index contributed by atoms with van der Waals surface area (Å²) in [6.45, 7) is 1.08. The number of rotatable bonds is 5. The molecule has 0 saturated carbocycles. The Labute approximate surface area is 164 Å². The van der Waals surface area contributed by atoms with Crippen LogP contribution < -0.4 is 10.6 Å². The molecule has 146 valence electrons. The van der Waals surface area contributed by atoms with Crippen LogP contribution >= 0.6 is 11.6 Å². The summed E-state index contributed by atoms with van der Waals surface area (Å²) in [6, 6.07) is 8.04. The van der Waals surface area contributed by atoms with Crippen LogP contribution in [0.3, 0.4) is 0 Å². The number of carbonyl (C=O) groups is 3. The van der Waals surface area contributed by atoms with E-state index in [-0.39, 0.29) is 17.1 Å². The van der Waals surface area contributed by atoms with Crippen LogP contribution in [-0.2, 0) is 15.1 Å². The highest BCUT2D eigenvalue weighted by atomic mass is 35.5. The number of carbonyl (C=O) groups excluding carboxylic acids is 3. The molecule has 1 heterocycles. The lowest BCUT2D eigenvalue weighted by Gasteiger charge is -2.25. The Bertz CT molecular complexity index is 952. The van der Waals surface area contributed by atoms with Gasteiger partial charge in [-0.15, -0.1) is 0 Å². The molecule has 28 heavy (non-hydrogen) atoms. The lowest BCUT2D eigenvalue weighted by Crippen LogP contribution is -2.44. The van der Waals surface area contributed by atoms with E-state index in [4.69, 9.17) is 11.6 Å². The molecule has 4 amide bonds. The number of hydrogen-bond acceptors (Lipinski definition) is 3. The second-order valence-corrected chi connectivity index (χ2v) is 6.70. The molecular formula is C19H16ClF2N3O3. The number of urea groups is 1. The van der Waals surface area contributed by atoms with Gasteiger partial charge in [0.25, 0.3) is 5.91 Å². The molecule has 0 aliphatic carbocycles. The zero-order valence-corrected chi connectivity index (χ0v) is 15.5. The number of nitrogens with one attached hydrogen (secondary N) is 2. The molecule has 1 fully saturated rings. The van der Waals surface area contributed by atoms with E-state index in [0.29, 0.717) is 5.56 Å². The largest absolute Gasteiger partial charge is 0.325 e. The number of imide groups is 1. The van der Waals surface area contributed by atoms with Crippen molar-refractivity contribution < 1.29 is 23.2 Å². The van der Waals surface area contributed by atoms with Gasteiger partial charge in [-0.2, -0.15) is 0 Å². The predicted octanol–water partition coefficient (Wildman–Crippen LogP) is 3.41. The van der Waals surface area contributed by atoms with Gasteiger partial charge in [-0.05, 0) is 42.3 Å². The Morgan fingerprint density at radius 1 is 1.18 bits per heavy atom. The topological polar surface area (TPSA) is 78.5 Å². The third-order valence-corrected chi connectivity index (χ3v) is 4.78. The Balaban J connectivity index is 1.80. The van der Waals surface area contributed by atoms with Gasteiger partial charge in [0.05, 0.1) is 5.69 Å². The van der Waals surface area contributed by atoms with Crippen LogP contribution in [0.5, 0.6) is 0 Å². The number of hydrogen-bond donors (Lipinski definition) is 2. The molecule has 0 unspecified atom stereocenters. The second kappa shape index (κ2) is 7.55. The van der Waals surface area contributed by atoms with E-state index in [2.05, 4.69) is 10.6 Å². The molecule has 0 aromatic heterocycles. The predicted molar refractivity (Wildman–Crippen MR) is 98.7 cm³/mol. The molecule has 1 aliphatic rings. The normalized spacial score (nSPS) is 18.9. The summed E-state index contributed by atoms with van der Waals surface area (Å²) < 4.78 is 27.0. The molecule has 0 bridgehead atoms. The minimum absolute atomic E-state index is 0.162. The molecule has 0 radical (unpaired) electrons. The summed E-state index contributed by atoms with van der Waals surface area (Å²) in [5.41, 5.74) is -1.16. The summed E-state index contributed by atoms with van der Waals surface area (Å²) in [4.78, 5) is 38.3. The first-order chi connectivity index (χ1) is 13.3. The van der Waals surface area contributed by atoms with Gasteiger partial charge < -0.3 is 10.6 Å². The standard InChI is InChI=1S/C19H16ClF2N3O3/c1-2-19(11-3-6-13(21)7-4-11)17(27)25(18(28)24-19)10-16(26)23-15-9-12(20)5-8-14(15)22/h3-9H,2,10H2,1H3,(H,23,26)(H,24,28)/t19-/m0/s1. The average molecular weight is 408 g/mol. The van der Waals surface area contributed by atoms with Gasteiger partial charge in [0, 0.05) is 5.02 Å². The molecule has 0 spiro atoms. The SMILES string of the molecule is CC[C@@]1(c2ccc(F)cc2)NC(=O)N(CC(=O)Nc2cc(Cl)ccc2F)C1=O. The maximum absolute atomic E-state index is 13.8. The van der Waals surface area contributed by atoms with E-state index in [1.807, 2.05) is 0 Å². The van der Waals surface area contributed by atoms with E-state index in [9.17, 15) is 23.2 Å². The molecule has 1 saturated heterocycles. The molecule has 9 heteroatoms. The van der Waals surface area contributed by atoms with Crippen LogP contribution in [0.4, 0.5) is 19.3 Å². The van der Waals surface area contributed by atoms with Gasteiger partial charge in [-0.3, -0.25) is 14.5 Å². The van der Waals surface area contributed by atoms with E-state index in [0.717, 1.165) is 11.0 Å². The summed E-state index contributed by atoms with van der Waals surface area (Å²) >= 11 is 5.78. The van der Waals surface area contributed by atoms with Crippen molar-refractivity contribution in [3.05, 3.63) is 64.7 Å². The molecular weight excluding hydrogens is 392 g/mol. The Morgan fingerprint density at radius 2 is 1.86 bits per heavy atom. The van der Waals surface area contributed by atoms with E-state index < -0.39 is 41.6 Å². The van der Waals surface area contributed by atoms with Gasteiger partial charge in [-0.1, -0.05) is 30.7 Å². The van der Waals surface area contributed by atoms with Crippen molar-refractivity contribution in [2.24, 2.45) is 0 Å². The Hall–Kier alpha value is -3.00. The third-order valence-electron chi connectivity index (χ3n) is 4.55. The van der Waals surface area contributed by atoms with E-state index in [1.54, 1.807) is 6.92 Å². The van der Waals surface area contributed by atoms with Gasteiger partial charge in [0.1, 0.15) is 23.7 Å². The minimum Gasteiger partial charge on any atom is -0.322 e. The monoisotopic (exact) mass is 407 g/mol. The van der Waals surface area contributed by atoms with Crippen LogP contribution in [-0.4, -0.2) is 29.3 Å². The molecule has 2 N–H and O–H groups in total. The molecule has 2 aromatic rings. The van der Waals surface area contributed by atoms with Crippen molar-refractivity contribution in [2.45, 2.75) is 18.9 Å². The van der Waals surface area contributed by atoms with Gasteiger partial charge in [0.2, 0.25) is 5.91 Å². The third kappa shape index (κ3) is 3.55. The van der Waals surface area contributed by atoms with Crippen LogP contribution in [0.15, 0.2) is 42.5 Å². The zero-order chi connectivity index (χ0) is 20.5. The number of halogens is 3. The Morgan fingerprint density at radius 3 is 2.50 bits per heavy atom. The minimum atomic E-state index is -1.40. The maximum Gasteiger partial charge on any atom is 0.325 e. The van der Waals surface area contributed by atoms with Crippen molar-refractivity contribution in [2.75, 3.05) is 11.9 Å².